The van der Waals surface area contributed by atoms with Crippen molar-refractivity contribution in [2.45, 2.75) is 18.4 Å². The minimum atomic E-state index is -1.02. The second-order valence-corrected chi connectivity index (χ2v) is 6.32. The van der Waals surface area contributed by atoms with Gasteiger partial charge in [0.25, 0.3) is 5.91 Å². The van der Waals surface area contributed by atoms with Crippen LogP contribution in [0.25, 0.3) is 0 Å². The predicted octanol–water partition coefficient (Wildman–Crippen LogP) is 1.63. The van der Waals surface area contributed by atoms with Crippen molar-refractivity contribution in [3.63, 3.8) is 0 Å². The van der Waals surface area contributed by atoms with E-state index < -0.39 is 5.41 Å². The van der Waals surface area contributed by atoms with Crippen molar-refractivity contribution < 1.29 is 14.4 Å². The van der Waals surface area contributed by atoms with Gasteiger partial charge in [0.05, 0.1) is 0 Å². The molecule has 1 saturated heterocycles. The van der Waals surface area contributed by atoms with Gasteiger partial charge in [0.2, 0.25) is 11.8 Å². The van der Waals surface area contributed by atoms with Crippen molar-refractivity contribution >= 4 is 17.7 Å². The van der Waals surface area contributed by atoms with Crippen LogP contribution < -0.4 is 5.32 Å². The summed E-state index contributed by atoms with van der Waals surface area (Å²) in [5.41, 5.74) is 1.37. The average Bonchev–Trinajstić information content (AvgIpc) is 3.06. The van der Waals surface area contributed by atoms with Crippen LogP contribution in [0.1, 0.15) is 27.9 Å². The first-order chi connectivity index (χ1) is 11.6. The van der Waals surface area contributed by atoms with Crippen LogP contribution in [0.4, 0.5) is 0 Å². The van der Waals surface area contributed by atoms with Crippen molar-refractivity contribution in [2.75, 3.05) is 6.54 Å². The fourth-order valence-electron chi connectivity index (χ4n) is 3.62. The van der Waals surface area contributed by atoms with E-state index >= 15 is 0 Å². The first-order valence-electron chi connectivity index (χ1n) is 7.87. The van der Waals surface area contributed by atoms with E-state index in [9.17, 15) is 14.4 Å². The van der Waals surface area contributed by atoms with Gasteiger partial charge in [-0.15, -0.1) is 0 Å². The fraction of sp³-hybridized carbons (Fsp3) is 0.211. The lowest BCUT2D eigenvalue weighted by Gasteiger charge is -2.30. The van der Waals surface area contributed by atoms with E-state index in [4.69, 9.17) is 0 Å². The number of fused-ring (bicyclic) bond motifs is 1. The molecule has 1 fully saturated rings. The molecule has 120 valence electrons. The summed E-state index contributed by atoms with van der Waals surface area (Å²) < 4.78 is 0. The SMILES string of the molecule is O=C1CC(CN2Cc3ccccc3C2=O)(c2ccccc2)C(=O)N1. The van der Waals surface area contributed by atoms with Crippen LogP contribution in [0.15, 0.2) is 54.6 Å². The number of carbonyl (C=O) groups is 3. The van der Waals surface area contributed by atoms with E-state index in [-0.39, 0.29) is 30.7 Å². The maximum atomic E-state index is 12.7. The minimum absolute atomic E-state index is 0.0654. The van der Waals surface area contributed by atoms with E-state index in [1.54, 1.807) is 11.0 Å². The molecule has 5 nitrogen and oxygen atoms in total. The van der Waals surface area contributed by atoms with E-state index in [0.29, 0.717) is 12.1 Å². The highest BCUT2D eigenvalue weighted by Crippen LogP contribution is 2.36. The lowest BCUT2D eigenvalue weighted by molar-refractivity contribution is -0.126. The molecule has 2 aromatic carbocycles. The Morgan fingerprint density at radius 1 is 0.958 bits per heavy atom. The average molecular weight is 320 g/mol. The van der Waals surface area contributed by atoms with Crippen molar-refractivity contribution in [1.29, 1.82) is 0 Å². The summed E-state index contributed by atoms with van der Waals surface area (Å²) in [7, 11) is 0. The number of imide groups is 1. The van der Waals surface area contributed by atoms with Crippen LogP contribution in [0.2, 0.25) is 0 Å². The third-order valence-corrected chi connectivity index (χ3v) is 4.83. The van der Waals surface area contributed by atoms with Crippen molar-refractivity contribution in [3.8, 4) is 0 Å². The molecule has 5 heteroatoms. The molecule has 24 heavy (non-hydrogen) atoms. The van der Waals surface area contributed by atoms with Crippen molar-refractivity contribution in [2.24, 2.45) is 0 Å². The van der Waals surface area contributed by atoms with Gasteiger partial charge in [-0.2, -0.15) is 0 Å². The fourth-order valence-corrected chi connectivity index (χ4v) is 3.62. The second kappa shape index (κ2) is 5.30. The molecule has 2 aliphatic rings. The molecule has 0 saturated carbocycles. The number of rotatable bonds is 3. The van der Waals surface area contributed by atoms with Gasteiger partial charge in [-0.05, 0) is 17.2 Å². The molecule has 1 atom stereocenters. The van der Waals surface area contributed by atoms with Crippen LogP contribution >= 0.6 is 0 Å². The largest absolute Gasteiger partial charge is 0.333 e. The standard InChI is InChI=1S/C19H16N2O3/c22-16-10-19(18(24)20-16,14-7-2-1-3-8-14)12-21-11-13-6-4-5-9-15(13)17(21)23/h1-9H,10-12H2,(H,20,22,24). The zero-order chi connectivity index (χ0) is 16.7. The monoisotopic (exact) mass is 320 g/mol. The van der Waals surface area contributed by atoms with Gasteiger partial charge < -0.3 is 4.90 Å². The summed E-state index contributed by atoms with van der Waals surface area (Å²) in [6.45, 7) is 0.660. The van der Waals surface area contributed by atoms with Gasteiger partial charge in [-0.25, -0.2) is 0 Å². The molecule has 0 spiro atoms. The van der Waals surface area contributed by atoms with E-state index in [1.165, 1.54) is 0 Å². The van der Waals surface area contributed by atoms with Crippen LogP contribution in [0.5, 0.6) is 0 Å². The number of hydrogen-bond acceptors (Lipinski definition) is 3. The van der Waals surface area contributed by atoms with E-state index in [1.807, 2.05) is 48.5 Å². The summed E-state index contributed by atoms with van der Waals surface area (Å²) in [4.78, 5) is 38.8. The molecule has 1 unspecified atom stereocenters. The highest BCUT2D eigenvalue weighted by Gasteiger charge is 2.50. The number of nitrogens with one attached hydrogen (secondary N) is 1. The molecule has 3 amide bonds. The minimum Gasteiger partial charge on any atom is -0.333 e. The smallest absolute Gasteiger partial charge is 0.254 e. The predicted molar refractivity (Wildman–Crippen MR) is 87.1 cm³/mol. The number of benzene rings is 2. The van der Waals surface area contributed by atoms with Gasteiger partial charge >= 0.3 is 0 Å². The first-order valence-corrected chi connectivity index (χ1v) is 7.87. The molecule has 0 bridgehead atoms. The third kappa shape index (κ3) is 2.12. The van der Waals surface area contributed by atoms with Crippen molar-refractivity contribution in [3.05, 3.63) is 71.3 Å². The van der Waals surface area contributed by atoms with Gasteiger partial charge in [0, 0.05) is 25.1 Å². The zero-order valence-corrected chi connectivity index (χ0v) is 13.0. The molecule has 2 aromatic rings. The Kier molecular flexibility index (Phi) is 3.23. The van der Waals surface area contributed by atoms with Gasteiger partial charge in [-0.3, -0.25) is 19.7 Å². The molecule has 2 aliphatic heterocycles. The molecule has 0 aliphatic carbocycles. The van der Waals surface area contributed by atoms with Gasteiger partial charge in [0.15, 0.2) is 0 Å². The Hall–Kier alpha value is -2.95. The zero-order valence-electron chi connectivity index (χ0n) is 13.0. The maximum absolute atomic E-state index is 12.7. The normalized spacial score (nSPS) is 22.7. The van der Waals surface area contributed by atoms with Crippen LogP contribution in [0, 0.1) is 0 Å². The van der Waals surface area contributed by atoms with E-state index in [2.05, 4.69) is 5.32 Å². The lowest BCUT2D eigenvalue weighted by atomic mass is 9.78. The second-order valence-electron chi connectivity index (χ2n) is 6.32. The molecular formula is C19H16N2O3. The Morgan fingerprint density at radius 3 is 2.33 bits per heavy atom. The van der Waals surface area contributed by atoms with Gasteiger partial charge in [0.1, 0.15) is 5.41 Å². The Morgan fingerprint density at radius 2 is 1.67 bits per heavy atom. The Bertz CT molecular complexity index is 847. The van der Waals surface area contributed by atoms with Crippen LogP contribution in [-0.2, 0) is 21.5 Å². The van der Waals surface area contributed by atoms with E-state index in [0.717, 1.165) is 11.1 Å². The maximum Gasteiger partial charge on any atom is 0.254 e. The number of amides is 3. The molecule has 0 radical (unpaired) electrons. The van der Waals surface area contributed by atoms with Crippen LogP contribution in [-0.4, -0.2) is 29.2 Å². The summed E-state index contributed by atoms with van der Waals surface area (Å²) in [5, 5.41) is 2.40. The Labute approximate surface area is 139 Å². The first kappa shape index (κ1) is 14.6. The topological polar surface area (TPSA) is 66.5 Å². The summed E-state index contributed by atoms with van der Waals surface area (Å²) in [6.07, 6.45) is 0.0654. The molecular weight excluding hydrogens is 304 g/mol. The van der Waals surface area contributed by atoms with Crippen molar-refractivity contribution in [1.82, 2.24) is 10.2 Å². The number of hydrogen-bond donors (Lipinski definition) is 1. The lowest BCUT2D eigenvalue weighted by Crippen LogP contribution is -2.46. The quantitative estimate of drug-likeness (QED) is 0.874. The highest BCUT2D eigenvalue weighted by atomic mass is 16.2. The third-order valence-electron chi connectivity index (χ3n) is 4.83. The molecule has 1 N–H and O–H groups in total. The molecule has 0 aromatic heterocycles. The molecule has 4 rings (SSSR count). The highest BCUT2D eigenvalue weighted by molar-refractivity contribution is 6.09. The number of nitrogens with zero attached hydrogens (tertiary/aromatic N) is 1. The Balaban J connectivity index is 1.71. The van der Waals surface area contributed by atoms with Gasteiger partial charge in [-0.1, -0.05) is 48.5 Å². The van der Waals surface area contributed by atoms with Crippen LogP contribution in [0.3, 0.4) is 0 Å². The summed E-state index contributed by atoms with van der Waals surface area (Å²) in [6, 6.07) is 16.7. The summed E-state index contributed by atoms with van der Waals surface area (Å²) in [5.74, 6) is -0.719. The molecule has 2 heterocycles. The summed E-state index contributed by atoms with van der Waals surface area (Å²) >= 11 is 0. The number of carbonyl (C=O) groups excluding carboxylic acids is 3.